The molecular weight excluding hydrogens is 246 g/mol. The number of non-ortho nitro benzene ring substituents is 1. The van der Waals surface area contributed by atoms with Crippen molar-refractivity contribution < 1.29 is 4.92 Å². The molecule has 1 aromatic carbocycles. The number of hydrogen-bond acceptors (Lipinski definition) is 5. The van der Waals surface area contributed by atoms with E-state index in [-0.39, 0.29) is 11.6 Å². The molecule has 0 aliphatic heterocycles. The van der Waals surface area contributed by atoms with E-state index in [1.54, 1.807) is 16.8 Å². The first-order valence-corrected chi connectivity index (χ1v) is 5.28. The van der Waals surface area contributed by atoms with Gasteiger partial charge in [-0.3, -0.25) is 10.1 Å². The average Bonchev–Trinajstić information content (AvgIpc) is 2.77. The molecule has 0 spiro atoms. The highest BCUT2D eigenvalue weighted by Crippen LogP contribution is 2.13. The average molecular weight is 254 g/mol. The van der Waals surface area contributed by atoms with Gasteiger partial charge in [0.25, 0.3) is 5.69 Å². The molecule has 0 saturated carbocycles. The van der Waals surface area contributed by atoms with Crippen molar-refractivity contribution in [2.24, 2.45) is 0 Å². The second kappa shape index (κ2) is 4.88. The van der Waals surface area contributed by atoms with Gasteiger partial charge in [-0.15, -0.1) is 16.7 Å². The van der Waals surface area contributed by atoms with E-state index in [1.807, 2.05) is 0 Å². The Hall–Kier alpha value is -2.02. The van der Waals surface area contributed by atoms with E-state index in [2.05, 4.69) is 15.5 Å². The molecule has 1 heterocycles. The van der Waals surface area contributed by atoms with Crippen LogP contribution in [0, 0.1) is 10.1 Å². The fraction of sp³-hybridized carbons (Fsp3) is 0.222. The number of halogens is 1. The van der Waals surface area contributed by atoms with Crippen LogP contribution in [-0.4, -0.2) is 25.1 Å². The summed E-state index contributed by atoms with van der Waals surface area (Å²) in [6.07, 6.45) is 0. The van der Waals surface area contributed by atoms with Crippen LogP contribution in [-0.2, 0) is 12.4 Å². The molecule has 2 rings (SSSR count). The number of aromatic nitrogens is 4. The van der Waals surface area contributed by atoms with Gasteiger partial charge in [0.05, 0.1) is 17.3 Å². The van der Waals surface area contributed by atoms with Gasteiger partial charge in [0.2, 0.25) is 0 Å². The Morgan fingerprint density at radius 1 is 1.35 bits per heavy atom. The van der Waals surface area contributed by atoms with Crippen LogP contribution in [0.4, 0.5) is 5.69 Å². The van der Waals surface area contributed by atoms with Crippen molar-refractivity contribution >= 4 is 17.3 Å². The summed E-state index contributed by atoms with van der Waals surface area (Å²) in [6, 6.07) is 6.22. The maximum absolute atomic E-state index is 10.5. The van der Waals surface area contributed by atoms with Crippen LogP contribution < -0.4 is 0 Å². The summed E-state index contributed by atoms with van der Waals surface area (Å²) >= 11 is 5.65. The van der Waals surface area contributed by atoms with Gasteiger partial charge in [0.1, 0.15) is 0 Å². The Balaban J connectivity index is 2.16. The van der Waals surface area contributed by atoms with E-state index >= 15 is 0 Å². The fourth-order valence-corrected chi connectivity index (χ4v) is 1.53. The molecule has 17 heavy (non-hydrogen) atoms. The molecule has 1 aromatic heterocycles. The Bertz CT molecular complexity index is 524. The van der Waals surface area contributed by atoms with Crippen LogP contribution in [0.2, 0.25) is 0 Å². The van der Waals surface area contributed by atoms with E-state index in [9.17, 15) is 10.1 Å². The van der Waals surface area contributed by atoms with Crippen molar-refractivity contribution in [3.8, 4) is 0 Å². The lowest BCUT2D eigenvalue weighted by molar-refractivity contribution is -0.384. The second-order valence-corrected chi connectivity index (χ2v) is 3.58. The highest BCUT2D eigenvalue weighted by atomic mass is 35.5. The summed E-state index contributed by atoms with van der Waals surface area (Å²) in [6.45, 7) is 0.438. The standard InChI is InChI=1S/C9H8ClN5O2/c10-5-9-11-12-13-14(9)6-7-1-3-8(4-2-7)15(16)17/h1-4H,5-6H2. The summed E-state index contributed by atoms with van der Waals surface area (Å²) < 4.78 is 1.55. The van der Waals surface area contributed by atoms with Crippen molar-refractivity contribution in [2.45, 2.75) is 12.4 Å². The predicted octanol–water partition coefficient (Wildman–Crippen LogP) is 1.37. The number of alkyl halides is 1. The SMILES string of the molecule is O=[N+]([O-])c1ccc(Cn2nnnc2CCl)cc1. The van der Waals surface area contributed by atoms with Crippen LogP contribution >= 0.6 is 11.6 Å². The van der Waals surface area contributed by atoms with E-state index in [0.717, 1.165) is 5.56 Å². The number of tetrazole rings is 1. The third-order valence-corrected chi connectivity index (χ3v) is 2.44. The van der Waals surface area contributed by atoms with Crippen LogP contribution in [0.25, 0.3) is 0 Å². The Labute approximate surface area is 101 Å². The van der Waals surface area contributed by atoms with E-state index in [1.165, 1.54) is 12.1 Å². The maximum atomic E-state index is 10.5. The van der Waals surface area contributed by atoms with Gasteiger partial charge in [-0.2, -0.15) is 0 Å². The van der Waals surface area contributed by atoms with Crippen LogP contribution in [0.5, 0.6) is 0 Å². The number of nitro groups is 1. The van der Waals surface area contributed by atoms with E-state index in [4.69, 9.17) is 11.6 Å². The van der Waals surface area contributed by atoms with Gasteiger partial charge >= 0.3 is 0 Å². The molecule has 0 radical (unpaired) electrons. The smallest absolute Gasteiger partial charge is 0.258 e. The molecule has 0 N–H and O–H groups in total. The number of nitro benzene ring substituents is 1. The Morgan fingerprint density at radius 3 is 2.65 bits per heavy atom. The molecule has 0 fully saturated rings. The first-order valence-electron chi connectivity index (χ1n) is 4.75. The third kappa shape index (κ3) is 2.56. The lowest BCUT2D eigenvalue weighted by Gasteiger charge is -2.02. The van der Waals surface area contributed by atoms with Crippen molar-refractivity contribution in [1.82, 2.24) is 20.2 Å². The number of nitrogens with zero attached hydrogens (tertiary/aromatic N) is 5. The third-order valence-electron chi connectivity index (χ3n) is 2.21. The summed E-state index contributed by atoms with van der Waals surface area (Å²) in [5.41, 5.74) is 0.928. The zero-order chi connectivity index (χ0) is 12.3. The lowest BCUT2D eigenvalue weighted by atomic mass is 10.2. The highest BCUT2D eigenvalue weighted by molar-refractivity contribution is 6.16. The molecule has 0 bridgehead atoms. The first-order chi connectivity index (χ1) is 8.20. The summed E-state index contributed by atoms with van der Waals surface area (Å²) in [5, 5.41) is 21.5. The number of benzene rings is 1. The molecule has 0 atom stereocenters. The minimum atomic E-state index is -0.439. The van der Waals surface area contributed by atoms with E-state index in [0.29, 0.717) is 12.4 Å². The van der Waals surface area contributed by atoms with Gasteiger partial charge in [0.15, 0.2) is 5.82 Å². The monoisotopic (exact) mass is 253 g/mol. The molecule has 88 valence electrons. The van der Waals surface area contributed by atoms with Crippen molar-refractivity contribution in [3.63, 3.8) is 0 Å². The van der Waals surface area contributed by atoms with Crippen molar-refractivity contribution in [2.75, 3.05) is 0 Å². The van der Waals surface area contributed by atoms with Crippen molar-refractivity contribution in [1.29, 1.82) is 0 Å². The van der Waals surface area contributed by atoms with E-state index < -0.39 is 4.92 Å². The quantitative estimate of drug-likeness (QED) is 0.467. The van der Waals surface area contributed by atoms with Gasteiger partial charge in [-0.1, -0.05) is 12.1 Å². The number of rotatable bonds is 4. The molecular formula is C9H8ClN5O2. The lowest BCUT2D eigenvalue weighted by Crippen LogP contribution is -2.05. The minimum absolute atomic E-state index is 0.0584. The molecule has 0 saturated heterocycles. The predicted molar refractivity (Wildman–Crippen MR) is 59.6 cm³/mol. The highest BCUT2D eigenvalue weighted by Gasteiger charge is 2.07. The molecule has 8 heteroatoms. The van der Waals surface area contributed by atoms with Crippen LogP contribution in [0.1, 0.15) is 11.4 Å². The van der Waals surface area contributed by atoms with Gasteiger partial charge in [-0.05, 0) is 16.0 Å². The maximum Gasteiger partial charge on any atom is 0.269 e. The molecule has 2 aromatic rings. The zero-order valence-corrected chi connectivity index (χ0v) is 9.41. The summed E-state index contributed by atoms with van der Waals surface area (Å²) in [7, 11) is 0. The van der Waals surface area contributed by atoms with Crippen molar-refractivity contribution in [3.05, 3.63) is 45.8 Å². The largest absolute Gasteiger partial charge is 0.269 e. The van der Waals surface area contributed by atoms with Gasteiger partial charge in [0, 0.05) is 12.1 Å². The molecule has 0 unspecified atom stereocenters. The van der Waals surface area contributed by atoms with Crippen LogP contribution in [0.15, 0.2) is 24.3 Å². The molecule has 0 amide bonds. The molecule has 0 aliphatic rings. The Kier molecular flexibility index (Phi) is 3.29. The summed E-state index contributed by atoms with van der Waals surface area (Å²) in [5.74, 6) is 0.782. The zero-order valence-electron chi connectivity index (χ0n) is 8.65. The molecule has 0 aliphatic carbocycles. The first kappa shape index (κ1) is 11.5. The topological polar surface area (TPSA) is 86.7 Å². The van der Waals surface area contributed by atoms with Gasteiger partial charge in [-0.25, -0.2) is 4.68 Å². The van der Waals surface area contributed by atoms with Gasteiger partial charge < -0.3 is 0 Å². The normalized spacial score (nSPS) is 10.4. The summed E-state index contributed by atoms with van der Waals surface area (Å²) in [4.78, 5) is 10.0. The minimum Gasteiger partial charge on any atom is -0.258 e. The molecule has 7 nitrogen and oxygen atoms in total. The second-order valence-electron chi connectivity index (χ2n) is 3.31. The van der Waals surface area contributed by atoms with Crippen LogP contribution in [0.3, 0.4) is 0 Å². The fourth-order valence-electron chi connectivity index (χ4n) is 1.34. The number of hydrogen-bond donors (Lipinski definition) is 0. The Morgan fingerprint density at radius 2 is 2.06 bits per heavy atom.